The molecule has 1 amide bonds. The van der Waals surface area contributed by atoms with Crippen LogP contribution in [0.3, 0.4) is 0 Å². The Morgan fingerprint density at radius 1 is 1.50 bits per heavy atom. The first kappa shape index (κ1) is 16.9. The minimum absolute atomic E-state index is 0.133. The lowest BCUT2D eigenvalue weighted by molar-refractivity contribution is -0.123. The topological polar surface area (TPSA) is 63.2 Å². The minimum atomic E-state index is -0.133. The van der Waals surface area contributed by atoms with Crippen LogP contribution in [0, 0.1) is 0 Å². The molecule has 1 aliphatic rings. The van der Waals surface area contributed by atoms with Gasteiger partial charge in [0.05, 0.1) is 32.6 Å². The Balaban J connectivity index is 1.88. The van der Waals surface area contributed by atoms with Gasteiger partial charge in [-0.25, -0.2) is 5.43 Å². The van der Waals surface area contributed by atoms with Gasteiger partial charge in [-0.2, -0.15) is 5.10 Å². The largest absolute Gasteiger partial charge is 0.493 e. The lowest BCUT2D eigenvalue weighted by Gasteiger charge is -2.25. The fraction of sp³-hybridized carbons (Fsp3) is 0.467. The van der Waals surface area contributed by atoms with Crippen molar-refractivity contribution in [1.29, 1.82) is 0 Å². The maximum atomic E-state index is 11.8. The van der Waals surface area contributed by atoms with Gasteiger partial charge in [-0.15, -0.1) is 0 Å². The summed E-state index contributed by atoms with van der Waals surface area (Å²) < 4.78 is 11.7. The molecular weight excluding hydrogens is 350 g/mol. The molecule has 7 heteroatoms. The highest BCUT2D eigenvalue weighted by Crippen LogP contribution is 2.21. The molecule has 22 heavy (non-hydrogen) atoms. The second-order valence-corrected chi connectivity index (χ2v) is 5.71. The number of halogens is 1. The van der Waals surface area contributed by atoms with Crippen molar-refractivity contribution in [3.63, 3.8) is 0 Å². The van der Waals surface area contributed by atoms with E-state index < -0.39 is 0 Å². The second-order valence-electron chi connectivity index (χ2n) is 4.80. The van der Waals surface area contributed by atoms with Gasteiger partial charge in [-0.3, -0.25) is 9.69 Å². The van der Waals surface area contributed by atoms with Gasteiger partial charge in [0.15, 0.2) is 0 Å². The molecule has 1 aromatic carbocycles. The van der Waals surface area contributed by atoms with Gasteiger partial charge in [-0.05, 0) is 25.1 Å². The van der Waals surface area contributed by atoms with Gasteiger partial charge in [0.25, 0.3) is 5.91 Å². The van der Waals surface area contributed by atoms with Crippen LogP contribution in [0.15, 0.2) is 27.8 Å². The molecule has 1 heterocycles. The average Bonchev–Trinajstić information content (AvgIpc) is 2.51. The summed E-state index contributed by atoms with van der Waals surface area (Å²) in [6, 6.07) is 5.66. The van der Waals surface area contributed by atoms with E-state index in [0.29, 0.717) is 26.4 Å². The molecule has 6 nitrogen and oxygen atoms in total. The standard InChI is InChI=1S/C15H20BrN3O3/c1-2-22-14-4-3-13(16)9-12(14)10-17-18-15(20)11-19-5-7-21-8-6-19/h3-4,9-10H,2,5-8,11H2,1H3,(H,18,20)/b17-10+. The molecule has 0 bridgehead atoms. The Hall–Kier alpha value is -1.44. The van der Waals surface area contributed by atoms with Crippen LogP contribution in [0.25, 0.3) is 0 Å². The minimum Gasteiger partial charge on any atom is -0.493 e. The summed E-state index contributed by atoms with van der Waals surface area (Å²) in [6.45, 7) is 5.73. The van der Waals surface area contributed by atoms with Crippen LogP contribution in [0.4, 0.5) is 0 Å². The quantitative estimate of drug-likeness (QED) is 0.611. The van der Waals surface area contributed by atoms with Crippen molar-refractivity contribution >= 4 is 28.1 Å². The van der Waals surface area contributed by atoms with Gasteiger partial charge >= 0.3 is 0 Å². The SMILES string of the molecule is CCOc1ccc(Br)cc1/C=N/NC(=O)CN1CCOCC1. The van der Waals surface area contributed by atoms with E-state index in [4.69, 9.17) is 9.47 Å². The number of benzene rings is 1. The normalized spacial score (nSPS) is 15.9. The van der Waals surface area contributed by atoms with Crippen LogP contribution in [0.1, 0.15) is 12.5 Å². The molecule has 0 unspecified atom stereocenters. The van der Waals surface area contributed by atoms with Crippen LogP contribution in [0.2, 0.25) is 0 Å². The number of carbonyl (C=O) groups is 1. The predicted octanol–water partition coefficient (Wildman–Crippen LogP) is 1.63. The van der Waals surface area contributed by atoms with Crippen LogP contribution in [-0.4, -0.2) is 56.5 Å². The first-order chi connectivity index (χ1) is 10.7. The molecule has 1 aromatic rings. The van der Waals surface area contributed by atoms with E-state index in [0.717, 1.165) is 28.9 Å². The number of hydrazone groups is 1. The molecule has 1 N–H and O–H groups in total. The van der Waals surface area contributed by atoms with Gasteiger partial charge in [0.1, 0.15) is 5.75 Å². The van der Waals surface area contributed by atoms with E-state index >= 15 is 0 Å². The Kier molecular flexibility index (Phi) is 6.82. The molecule has 0 radical (unpaired) electrons. The number of amides is 1. The highest BCUT2D eigenvalue weighted by atomic mass is 79.9. The van der Waals surface area contributed by atoms with E-state index in [2.05, 4.69) is 26.5 Å². The van der Waals surface area contributed by atoms with Crippen LogP contribution < -0.4 is 10.2 Å². The van der Waals surface area contributed by atoms with E-state index in [1.165, 1.54) is 0 Å². The third kappa shape index (κ3) is 5.40. The van der Waals surface area contributed by atoms with Crippen molar-refractivity contribution in [3.8, 4) is 5.75 Å². The number of rotatable bonds is 6. The molecule has 0 aliphatic carbocycles. The zero-order chi connectivity index (χ0) is 15.8. The molecule has 0 aromatic heterocycles. The first-order valence-electron chi connectivity index (χ1n) is 7.23. The predicted molar refractivity (Wildman–Crippen MR) is 88.3 cm³/mol. The first-order valence-corrected chi connectivity index (χ1v) is 8.02. The maximum Gasteiger partial charge on any atom is 0.254 e. The molecular formula is C15H20BrN3O3. The van der Waals surface area contributed by atoms with Gasteiger partial charge < -0.3 is 9.47 Å². The van der Waals surface area contributed by atoms with Crippen molar-refractivity contribution in [3.05, 3.63) is 28.2 Å². The second kappa shape index (κ2) is 8.87. The van der Waals surface area contributed by atoms with Gasteiger partial charge in [0.2, 0.25) is 0 Å². The fourth-order valence-electron chi connectivity index (χ4n) is 2.08. The molecule has 1 fully saturated rings. The number of hydrogen-bond donors (Lipinski definition) is 1. The van der Waals surface area contributed by atoms with Crippen molar-refractivity contribution in [1.82, 2.24) is 10.3 Å². The summed E-state index contributed by atoms with van der Waals surface area (Å²) in [6.07, 6.45) is 1.59. The summed E-state index contributed by atoms with van der Waals surface area (Å²) >= 11 is 3.41. The van der Waals surface area contributed by atoms with Gasteiger partial charge in [-0.1, -0.05) is 15.9 Å². The summed E-state index contributed by atoms with van der Waals surface area (Å²) in [5.41, 5.74) is 3.35. The summed E-state index contributed by atoms with van der Waals surface area (Å²) in [4.78, 5) is 13.9. The number of nitrogens with zero attached hydrogens (tertiary/aromatic N) is 2. The number of nitrogens with one attached hydrogen (secondary N) is 1. The fourth-order valence-corrected chi connectivity index (χ4v) is 2.46. The van der Waals surface area contributed by atoms with E-state index in [1.54, 1.807) is 6.21 Å². The molecule has 1 aliphatic heterocycles. The molecule has 120 valence electrons. The highest BCUT2D eigenvalue weighted by molar-refractivity contribution is 9.10. The molecule has 2 rings (SSSR count). The molecule has 0 atom stereocenters. The third-order valence-electron chi connectivity index (χ3n) is 3.14. The highest BCUT2D eigenvalue weighted by Gasteiger charge is 2.13. The van der Waals surface area contributed by atoms with Gasteiger partial charge in [0, 0.05) is 23.1 Å². The summed E-state index contributed by atoms with van der Waals surface area (Å²) in [5.74, 6) is 0.600. The third-order valence-corrected chi connectivity index (χ3v) is 3.63. The van der Waals surface area contributed by atoms with Crippen molar-refractivity contribution < 1.29 is 14.3 Å². The molecule has 1 saturated heterocycles. The summed E-state index contributed by atoms with van der Waals surface area (Å²) in [7, 11) is 0. The number of ether oxygens (including phenoxy) is 2. The number of carbonyl (C=O) groups excluding carboxylic acids is 1. The zero-order valence-electron chi connectivity index (χ0n) is 12.5. The van der Waals surface area contributed by atoms with Crippen LogP contribution in [0.5, 0.6) is 5.75 Å². The zero-order valence-corrected chi connectivity index (χ0v) is 14.1. The molecule has 0 spiro atoms. The lowest BCUT2D eigenvalue weighted by Crippen LogP contribution is -2.42. The lowest BCUT2D eigenvalue weighted by atomic mass is 10.2. The Morgan fingerprint density at radius 3 is 3.00 bits per heavy atom. The van der Waals surface area contributed by atoms with Crippen molar-refractivity contribution in [2.45, 2.75) is 6.92 Å². The Bertz CT molecular complexity index is 531. The monoisotopic (exact) mass is 369 g/mol. The molecule has 0 saturated carbocycles. The average molecular weight is 370 g/mol. The van der Waals surface area contributed by atoms with E-state index in [9.17, 15) is 4.79 Å². The van der Waals surface area contributed by atoms with Crippen molar-refractivity contribution in [2.24, 2.45) is 5.10 Å². The smallest absolute Gasteiger partial charge is 0.254 e. The summed E-state index contributed by atoms with van der Waals surface area (Å²) in [5, 5.41) is 4.01. The Labute approximate surface area is 138 Å². The van der Waals surface area contributed by atoms with Crippen molar-refractivity contribution in [2.75, 3.05) is 39.5 Å². The number of morpholine rings is 1. The van der Waals surface area contributed by atoms with E-state index in [-0.39, 0.29) is 5.91 Å². The Morgan fingerprint density at radius 2 is 2.27 bits per heavy atom. The maximum absolute atomic E-state index is 11.8. The van der Waals surface area contributed by atoms with Crippen LogP contribution in [-0.2, 0) is 9.53 Å². The van der Waals surface area contributed by atoms with E-state index in [1.807, 2.05) is 30.0 Å². The number of hydrogen-bond acceptors (Lipinski definition) is 5. The van der Waals surface area contributed by atoms with Crippen LogP contribution >= 0.6 is 15.9 Å².